The molecule has 0 aliphatic heterocycles. The molecule has 0 heterocycles. The van der Waals surface area contributed by atoms with Crippen LogP contribution in [0.2, 0.25) is 0 Å². The fourth-order valence-electron chi connectivity index (χ4n) is 0. The quantitative estimate of drug-likeness (QED) is 0.222. The number of rotatable bonds is 0. The zero-order chi connectivity index (χ0) is 4.50. The van der Waals surface area contributed by atoms with Crippen molar-refractivity contribution in [1.29, 1.82) is 0 Å². The van der Waals surface area contributed by atoms with Crippen LogP contribution in [0.3, 0.4) is 0 Å². The van der Waals surface area contributed by atoms with Gasteiger partial charge >= 0.3 is 68.2 Å². The van der Waals surface area contributed by atoms with E-state index >= 15 is 0 Å². The van der Waals surface area contributed by atoms with Crippen molar-refractivity contribution in [2.45, 2.75) is 0 Å². The van der Waals surface area contributed by atoms with Crippen LogP contribution in [0, 0.1) is 0 Å². The van der Waals surface area contributed by atoms with Crippen molar-refractivity contribution >= 4 is 10.4 Å². The molecule has 0 aromatic carbocycles. The van der Waals surface area contributed by atoms with Crippen molar-refractivity contribution < 1.29 is 85.7 Å². The molecule has 4 nitrogen and oxygen atoms in total. The zero-order valence-electron chi connectivity index (χ0n) is 3.37. The van der Waals surface area contributed by atoms with Crippen LogP contribution in [-0.2, 0) is 27.2 Å². The average Bonchev–Trinajstić information content (AvgIpc) is 0.722. The average molecular weight is 194 g/mol. The van der Waals surface area contributed by atoms with Crippen molar-refractivity contribution in [3.8, 4) is 0 Å². The van der Waals surface area contributed by atoms with Crippen molar-refractivity contribution in [2.75, 3.05) is 0 Å². The standard InChI is InChI=1S/Co.K.H2O4S/c;;1-5(2,3)4/h;;(H2,1,2,3,4)/q+2;+1;/p-2. The number of hydrogen-bond donors (Lipinski definition) is 0. The fraction of sp³-hybridized carbons (Fsp3) is 0. The smallest absolute Gasteiger partial charge is 0.759 e. The Morgan fingerprint density at radius 2 is 1.14 bits per heavy atom. The molecule has 0 spiro atoms. The first-order valence-corrected chi connectivity index (χ1v) is 2.00. The van der Waals surface area contributed by atoms with Crippen LogP contribution in [0.5, 0.6) is 0 Å². The van der Waals surface area contributed by atoms with Gasteiger partial charge in [-0.15, -0.1) is 0 Å². The van der Waals surface area contributed by atoms with E-state index in [0.717, 1.165) is 0 Å². The van der Waals surface area contributed by atoms with E-state index in [9.17, 15) is 0 Å². The molecule has 0 aliphatic carbocycles. The maximum Gasteiger partial charge on any atom is 2.00 e. The van der Waals surface area contributed by atoms with Gasteiger partial charge < -0.3 is 9.11 Å². The van der Waals surface area contributed by atoms with Crippen molar-refractivity contribution in [3.63, 3.8) is 0 Å². The summed E-state index contributed by atoms with van der Waals surface area (Å²) in [5.41, 5.74) is 0. The molecule has 0 aromatic heterocycles. The van der Waals surface area contributed by atoms with Gasteiger partial charge in [0.05, 0.1) is 0 Å². The van der Waals surface area contributed by atoms with Crippen molar-refractivity contribution in [3.05, 3.63) is 0 Å². The molecule has 0 saturated heterocycles. The van der Waals surface area contributed by atoms with E-state index in [4.69, 9.17) is 17.5 Å². The Balaban J connectivity index is -0.0000000800. The SMILES string of the molecule is O=S(=O)([O-])[O-].[Co+2].[K+]. The summed E-state index contributed by atoms with van der Waals surface area (Å²) in [6.07, 6.45) is 0. The van der Waals surface area contributed by atoms with Crippen LogP contribution in [0.1, 0.15) is 0 Å². The Morgan fingerprint density at radius 3 is 1.14 bits per heavy atom. The second-order valence-corrected chi connectivity index (χ2v) is 1.22. The van der Waals surface area contributed by atoms with Gasteiger partial charge in [0.1, 0.15) is 0 Å². The van der Waals surface area contributed by atoms with E-state index in [1.54, 1.807) is 0 Å². The summed E-state index contributed by atoms with van der Waals surface area (Å²) < 4.78 is 34.1. The molecule has 0 unspecified atom stereocenters. The van der Waals surface area contributed by atoms with E-state index in [1.807, 2.05) is 0 Å². The molecular formula is CoKO4S+. The monoisotopic (exact) mass is 194 g/mol. The molecule has 1 radical (unpaired) electrons. The summed E-state index contributed by atoms with van der Waals surface area (Å²) in [5, 5.41) is 0. The summed E-state index contributed by atoms with van der Waals surface area (Å²) in [4.78, 5) is 0. The summed E-state index contributed by atoms with van der Waals surface area (Å²) in [7, 11) is -5.17. The first-order valence-electron chi connectivity index (χ1n) is 0.667. The topological polar surface area (TPSA) is 80.3 Å². The van der Waals surface area contributed by atoms with Gasteiger partial charge in [0, 0.05) is 10.4 Å². The maximum absolute atomic E-state index is 8.52. The summed E-state index contributed by atoms with van der Waals surface area (Å²) in [6, 6.07) is 0. The predicted molar refractivity (Wildman–Crippen MR) is 10.5 cm³/mol. The minimum Gasteiger partial charge on any atom is -0.759 e. The van der Waals surface area contributed by atoms with Gasteiger partial charge in [-0.25, -0.2) is 0 Å². The van der Waals surface area contributed by atoms with Gasteiger partial charge in [-0.05, 0) is 0 Å². The molecule has 39 valence electrons. The summed E-state index contributed by atoms with van der Waals surface area (Å²) in [5.74, 6) is 0. The van der Waals surface area contributed by atoms with E-state index in [-0.39, 0.29) is 68.2 Å². The molecule has 7 heavy (non-hydrogen) atoms. The predicted octanol–water partition coefficient (Wildman–Crippen LogP) is -4.34. The minimum absolute atomic E-state index is 0. The van der Waals surface area contributed by atoms with Crippen molar-refractivity contribution in [2.24, 2.45) is 0 Å². The second-order valence-electron chi connectivity index (χ2n) is 0.408. The Bertz CT molecular complexity index is 94.9. The first kappa shape index (κ1) is 16.0. The molecule has 0 N–H and O–H groups in total. The molecule has 7 heteroatoms. The van der Waals surface area contributed by atoms with Crippen LogP contribution in [0.15, 0.2) is 0 Å². The van der Waals surface area contributed by atoms with E-state index in [0.29, 0.717) is 0 Å². The zero-order valence-corrected chi connectivity index (χ0v) is 8.36. The van der Waals surface area contributed by atoms with Crippen LogP contribution < -0.4 is 51.4 Å². The third-order valence-corrected chi connectivity index (χ3v) is 0. The fourth-order valence-corrected chi connectivity index (χ4v) is 0. The molecule has 0 amide bonds. The molecule has 0 aromatic rings. The Labute approximate surface area is 94.2 Å². The molecule has 0 atom stereocenters. The molecule has 0 aliphatic rings. The molecule has 0 rings (SSSR count). The van der Waals surface area contributed by atoms with Gasteiger partial charge in [-0.1, -0.05) is 0 Å². The molecule has 0 bridgehead atoms. The second kappa shape index (κ2) is 6.14. The van der Waals surface area contributed by atoms with Crippen LogP contribution in [-0.4, -0.2) is 17.5 Å². The first-order chi connectivity index (χ1) is 2.00. The van der Waals surface area contributed by atoms with Crippen molar-refractivity contribution in [1.82, 2.24) is 0 Å². The molecule has 0 saturated carbocycles. The van der Waals surface area contributed by atoms with Crippen LogP contribution in [0.25, 0.3) is 0 Å². The van der Waals surface area contributed by atoms with Gasteiger partial charge in [-0.3, -0.25) is 8.42 Å². The van der Waals surface area contributed by atoms with Gasteiger partial charge in [-0.2, -0.15) is 0 Å². The molecular weight excluding hydrogens is 194 g/mol. The van der Waals surface area contributed by atoms with Crippen LogP contribution in [0.4, 0.5) is 0 Å². The normalized spacial score (nSPS) is 8.29. The number of hydrogen-bond acceptors (Lipinski definition) is 4. The van der Waals surface area contributed by atoms with Gasteiger partial charge in [0.15, 0.2) is 0 Å². The maximum atomic E-state index is 8.52. The molecule has 0 fully saturated rings. The Morgan fingerprint density at radius 1 is 1.14 bits per heavy atom. The Hall–Kier alpha value is 2.01. The third kappa shape index (κ3) is 71.5. The Kier molecular flexibility index (Phi) is 14.0. The van der Waals surface area contributed by atoms with Gasteiger partial charge in [0.2, 0.25) is 0 Å². The largest absolute Gasteiger partial charge is 2.00 e. The third-order valence-electron chi connectivity index (χ3n) is 0. The van der Waals surface area contributed by atoms with Gasteiger partial charge in [0.25, 0.3) is 0 Å². The van der Waals surface area contributed by atoms with Crippen LogP contribution >= 0.6 is 0 Å². The minimum atomic E-state index is -5.17. The van der Waals surface area contributed by atoms with E-state index in [1.165, 1.54) is 0 Å². The van der Waals surface area contributed by atoms with E-state index < -0.39 is 10.4 Å². The van der Waals surface area contributed by atoms with E-state index in [2.05, 4.69) is 0 Å². The summed E-state index contributed by atoms with van der Waals surface area (Å²) in [6.45, 7) is 0. The summed E-state index contributed by atoms with van der Waals surface area (Å²) >= 11 is 0.